The Hall–Kier alpha value is -0.200. The van der Waals surface area contributed by atoms with Crippen molar-refractivity contribution in [2.24, 2.45) is 11.1 Å². The van der Waals surface area contributed by atoms with Crippen molar-refractivity contribution >= 4 is 11.8 Å². The van der Waals surface area contributed by atoms with Gasteiger partial charge >= 0.3 is 0 Å². The molecule has 0 rings (SSSR count). The van der Waals surface area contributed by atoms with E-state index in [4.69, 9.17) is 11.0 Å². The zero-order valence-corrected chi connectivity index (χ0v) is 11.1. The fourth-order valence-electron chi connectivity index (χ4n) is 1.20. The second kappa shape index (κ2) is 8.01. The molecule has 0 aromatic carbocycles. The van der Waals surface area contributed by atoms with Crippen molar-refractivity contribution in [3.8, 4) is 6.07 Å². The molecule has 3 heteroatoms. The zero-order valence-electron chi connectivity index (χ0n) is 10.3. The van der Waals surface area contributed by atoms with Crippen molar-refractivity contribution in [2.75, 3.05) is 11.5 Å². The molecule has 0 spiro atoms. The molecule has 1 unspecified atom stereocenters. The lowest BCUT2D eigenvalue weighted by Gasteiger charge is -2.14. The molecular formula is C12H24N2S. The first-order chi connectivity index (χ1) is 6.98. The third kappa shape index (κ3) is 10.1. The van der Waals surface area contributed by atoms with Crippen molar-refractivity contribution < 1.29 is 0 Å². The highest BCUT2D eigenvalue weighted by Gasteiger charge is 2.15. The Balaban J connectivity index is 3.23. The van der Waals surface area contributed by atoms with Crippen molar-refractivity contribution in [2.45, 2.75) is 52.5 Å². The van der Waals surface area contributed by atoms with Gasteiger partial charge in [0.15, 0.2) is 0 Å². The topological polar surface area (TPSA) is 49.8 Å². The number of nitriles is 1. The van der Waals surface area contributed by atoms with E-state index in [1.807, 2.05) is 25.6 Å². The summed E-state index contributed by atoms with van der Waals surface area (Å²) >= 11 is 1.98. The van der Waals surface area contributed by atoms with Gasteiger partial charge in [0.05, 0.1) is 11.5 Å². The van der Waals surface area contributed by atoms with Crippen LogP contribution in [-0.2, 0) is 0 Å². The van der Waals surface area contributed by atoms with E-state index >= 15 is 0 Å². The minimum atomic E-state index is -0.142. The number of thioether (sulfide) groups is 1. The smallest absolute Gasteiger partial charge is 0.0683 e. The molecule has 0 radical (unpaired) electrons. The van der Waals surface area contributed by atoms with Crippen LogP contribution in [0, 0.1) is 16.7 Å². The van der Waals surface area contributed by atoms with Crippen LogP contribution in [0.3, 0.4) is 0 Å². The molecule has 0 aliphatic carbocycles. The average Bonchev–Trinajstić information content (AvgIpc) is 2.16. The third-order valence-corrected chi connectivity index (χ3v) is 3.46. The maximum absolute atomic E-state index is 8.83. The minimum Gasteiger partial charge on any atom is -0.328 e. The van der Waals surface area contributed by atoms with Crippen molar-refractivity contribution in [1.29, 1.82) is 5.26 Å². The lowest BCUT2D eigenvalue weighted by atomic mass is 9.89. The van der Waals surface area contributed by atoms with Crippen LogP contribution >= 0.6 is 11.8 Å². The van der Waals surface area contributed by atoms with Crippen LogP contribution in [0.1, 0.15) is 46.5 Å². The van der Waals surface area contributed by atoms with Gasteiger partial charge in [0.2, 0.25) is 0 Å². The molecule has 0 aliphatic heterocycles. The average molecular weight is 228 g/mol. The predicted octanol–water partition coefficient (Wildman–Crippen LogP) is 3.18. The van der Waals surface area contributed by atoms with E-state index in [2.05, 4.69) is 13.0 Å². The minimum absolute atomic E-state index is 0.142. The van der Waals surface area contributed by atoms with E-state index in [9.17, 15) is 0 Å². The molecule has 0 aliphatic rings. The van der Waals surface area contributed by atoms with Crippen LogP contribution in [0.4, 0.5) is 0 Å². The van der Waals surface area contributed by atoms with E-state index in [0.29, 0.717) is 6.04 Å². The van der Waals surface area contributed by atoms with E-state index < -0.39 is 0 Å². The number of hydrogen-bond acceptors (Lipinski definition) is 3. The Kier molecular flexibility index (Phi) is 7.90. The van der Waals surface area contributed by atoms with Crippen molar-refractivity contribution in [1.82, 2.24) is 0 Å². The van der Waals surface area contributed by atoms with Gasteiger partial charge < -0.3 is 5.73 Å². The van der Waals surface area contributed by atoms with E-state index in [-0.39, 0.29) is 5.41 Å². The molecule has 2 N–H and O–H groups in total. The number of rotatable bonds is 8. The van der Waals surface area contributed by atoms with E-state index in [1.165, 1.54) is 17.9 Å². The van der Waals surface area contributed by atoms with Gasteiger partial charge in [-0.1, -0.05) is 6.42 Å². The number of hydrogen-bond donors (Lipinski definition) is 1. The van der Waals surface area contributed by atoms with Crippen molar-refractivity contribution in [3.05, 3.63) is 0 Å². The summed E-state index contributed by atoms with van der Waals surface area (Å²) < 4.78 is 0. The van der Waals surface area contributed by atoms with E-state index in [0.717, 1.165) is 19.3 Å². The van der Waals surface area contributed by atoms with Crippen LogP contribution in [-0.4, -0.2) is 17.5 Å². The van der Waals surface area contributed by atoms with Crippen LogP contribution in [0.25, 0.3) is 0 Å². The highest BCUT2D eigenvalue weighted by atomic mass is 32.2. The van der Waals surface area contributed by atoms with Crippen LogP contribution < -0.4 is 5.73 Å². The lowest BCUT2D eigenvalue weighted by Crippen LogP contribution is -2.15. The van der Waals surface area contributed by atoms with Gasteiger partial charge in [-0.25, -0.2) is 0 Å². The highest BCUT2D eigenvalue weighted by molar-refractivity contribution is 7.99. The summed E-state index contributed by atoms with van der Waals surface area (Å²) in [5.74, 6) is 2.37. The highest BCUT2D eigenvalue weighted by Crippen LogP contribution is 2.22. The third-order valence-electron chi connectivity index (χ3n) is 2.36. The molecule has 0 bridgehead atoms. The predicted molar refractivity (Wildman–Crippen MR) is 68.8 cm³/mol. The summed E-state index contributed by atoms with van der Waals surface area (Å²) in [5.41, 5.74) is 5.52. The SMILES string of the molecule is CC(N)CCSCCCCC(C)(C)C#N. The fourth-order valence-corrected chi connectivity index (χ4v) is 2.35. The summed E-state index contributed by atoms with van der Waals surface area (Å²) in [6.45, 7) is 6.07. The molecule has 1 atom stereocenters. The van der Waals surface area contributed by atoms with Crippen LogP contribution in [0.15, 0.2) is 0 Å². The summed E-state index contributed by atoms with van der Waals surface area (Å²) in [4.78, 5) is 0. The second-order valence-electron chi connectivity index (χ2n) is 4.83. The van der Waals surface area contributed by atoms with Crippen LogP contribution in [0.2, 0.25) is 0 Å². The van der Waals surface area contributed by atoms with Gasteiger partial charge in [-0.2, -0.15) is 17.0 Å². The fraction of sp³-hybridized carbons (Fsp3) is 0.917. The molecule has 0 aromatic rings. The van der Waals surface area contributed by atoms with Crippen LogP contribution in [0.5, 0.6) is 0 Å². The standard InChI is InChI=1S/C12H24N2S/c1-11(14)6-9-15-8-5-4-7-12(2,3)10-13/h11H,4-9,14H2,1-3H3. The lowest BCUT2D eigenvalue weighted by molar-refractivity contribution is 0.433. The summed E-state index contributed by atoms with van der Waals surface area (Å²) in [5, 5.41) is 8.83. The van der Waals surface area contributed by atoms with Gasteiger partial charge in [0.25, 0.3) is 0 Å². The number of nitrogens with zero attached hydrogens (tertiary/aromatic N) is 1. The molecule has 0 amide bonds. The monoisotopic (exact) mass is 228 g/mol. The Bertz CT molecular complexity index is 194. The molecular weight excluding hydrogens is 204 g/mol. The van der Waals surface area contributed by atoms with Gasteiger partial charge in [-0.05, 0) is 51.5 Å². The largest absolute Gasteiger partial charge is 0.328 e. The quantitative estimate of drug-likeness (QED) is 0.649. The Morgan fingerprint density at radius 1 is 1.33 bits per heavy atom. The first kappa shape index (κ1) is 14.8. The van der Waals surface area contributed by atoms with Gasteiger partial charge in [-0.3, -0.25) is 0 Å². The molecule has 0 heterocycles. The van der Waals surface area contributed by atoms with Crippen molar-refractivity contribution in [3.63, 3.8) is 0 Å². The Morgan fingerprint density at radius 3 is 2.53 bits per heavy atom. The van der Waals surface area contributed by atoms with Gasteiger partial charge in [0, 0.05) is 6.04 Å². The molecule has 0 saturated carbocycles. The summed E-state index contributed by atoms with van der Waals surface area (Å²) in [6, 6.07) is 2.66. The number of unbranched alkanes of at least 4 members (excludes halogenated alkanes) is 1. The number of nitrogens with two attached hydrogens (primary N) is 1. The molecule has 15 heavy (non-hydrogen) atoms. The Labute approximate surface area is 98.6 Å². The Morgan fingerprint density at radius 2 is 2.00 bits per heavy atom. The van der Waals surface area contributed by atoms with Gasteiger partial charge in [-0.15, -0.1) is 0 Å². The zero-order chi connectivity index (χ0) is 11.7. The summed E-state index contributed by atoms with van der Waals surface area (Å²) in [7, 11) is 0. The molecule has 0 aromatic heterocycles. The first-order valence-corrected chi connectivity index (χ1v) is 6.88. The molecule has 2 nitrogen and oxygen atoms in total. The first-order valence-electron chi connectivity index (χ1n) is 5.72. The normalized spacial score (nSPS) is 13.5. The second-order valence-corrected chi connectivity index (χ2v) is 6.06. The van der Waals surface area contributed by atoms with E-state index in [1.54, 1.807) is 0 Å². The maximum atomic E-state index is 8.83. The van der Waals surface area contributed by atoms with Gasteiger partial charge in [0.1, 0.15) is 0 Å². The molecule has 0 saturated heterocycles. The summed E-state index contributed by atoms with van der Waals surface area (Å²) in [6.07, 6.45) is 4.49. The molecule has 0 fully saturated rings. The maximum Gasteiger partial charge on any atom is 0.0683 e. The molecule has 88 valence electrons.